The molecule has 0 bridgehead atoms. The van der Waals surface area contributed by atoms with Crippen molar-refractivity contribution in [2.45, 2.75) is 37.6 Å². The van der Waals surface area contributed by atoms with Crippen molar-refractivity contribution in [2.24, 2.45) is 0 Å². The van der Waals surface area contributed by atoms with E-state index >= 15 is 0 Å². The van der Waals surface area contributed by atoms with Gasteiger partial charge in [0.2, 0.25) is 5.28 Å². The number of hydrogen-bond acceptors (Lipinski definition) is 2. The molecule has 0 saturated heterocycles. The molecule has 2 aliphatic rings. The van der Waals surface area contributed by atoms with Crippen LogP contribution in [-0.2, 0) is 13.0 Å². The smallest absolute Gasteiger partial charge is 0.225 e. The highest BCUT2D eigenvalue weighted by Crippen LogP contribution is 2.42. The lowest BCUT2D eigenvalue weighted by Crippen LogP contribution is -2.22. The van der Waals surface area contributed by atoms with E-state index in [4.69, 9.17) is 11.6 Å². The summed E-state index contributed by atoms with van der Waals surface area (Å²) in [6, 6.07) is 8.65. The number of halogens is 1. The highest BCUT2D eigenvalue weighted by Gasteiger charge is 2.33. The van der Waals surface area contributed by atoms with Crippen molar-refractivity contribution in [2.75, 3.05) is 0 Å². The maximum absolute atomic E-state index is 6.16. The Morgan fingerprint density at radius 1 is 1.22 bits per heavy atom. The van der Waals surface area contributed by atoms with Gasteiger partial charge in [0.25, 0.3) is 0 Å². The average Bonchev–Trinajstić information content (AvgIpc) is 3.12. The fraction of sp³-hybridized carbons (Fsp3) is 0.429. The molecule has 4 heteroatoms. The van der Waals surface area contributed by atoms with Gasteiger partial charge >= 0.3 is 0 Å². The molecular formula is C14H14ClN3. The minimum Gasteiger partial charge on any atom is -0.301 e. The normalized spacial score (nSPS) is 21.5. The summed E-state index contributed by atoms with van der Waals surface area (Å²) in [5.74, 6) is 2.26. The van der Waals surface area contributed by atoms with Crippen molar-refractivity contribution < 1.29 is 0 Å². The first-order chi connectivity index (χ1) is 8.83. The molecule has 1 fully saturated rings. The Hall–Kier alpha value is -1.35. The van der Waals surface area contributed by atoms with Crippen LogP contribution in [0.1, 0.15) is 41.6 Å². The van der Waals surface area contributed by atoms with Crippen LogP contribution in [-0.4, -0.2) is 14.8 Å². The highest BCUT2D eigenvalue weighted by molar-refractivity contribution is 6.28. The molecule has 0 N–H and O–H groups in total. The Balaban J connectivity index is 1.61. The topological polar surface area (TPSA) is 30.7 Å². The molecule has 1 unspecified atom stereocenters. The quantitative estimate of drug-likeness (QED) is 0.848. The lowest BCUT2D eigenvalue weighted by molar-refractivity contribution is 0.496. The number of nitrogens with zero attached hydrogens (tertiary/aromatic N) is 3. The van der Waals surface area contributed by atoms with Gasteiger partial charge in [-0.3, -0.25) is 0 Å². The Morgan fingerprint density at radius 2 is 2.06 bits per heavy atom. The van der Waals surface area contributed by atoms with Gasteiger partial charge < -0.3 is 4.57 Å². The van der Waals surface area contributed by atoms with Crippen molar-refractivity contribution >= 4 is 11.6 Å². The third kappa shape index (κ3) is 1.57. The van der Waals surface area contributed by atoms with E-state index < -0.39 is 0 Å². The second-order valence-corrected chi connectivity index (χ2v) is 5.65. The van der Waals surface area contributed by atoms with E-state index in [0.29, 0.717) is 17.1 Å². The summed E-state index contributed by atoms with van der Waals surface area (Å²) in [6.45, 7) is 0.925. The molecule has 0 amide bonds. The lowest BCUT2D eigenvalue weighted by Gasteiger charge is -2.30. The van der Waals surface area contributed by atoms with Crippen LogP contribution >= 0.6 is 11.6 Å². The first-order valence-corrected chi connectivity index (χ1v) is 6.87. The van der Waals surface area contributed by atoms with Crippen LogP contribution in [0.4, 0.5) is 0 Å². The monoisotopic (exact) mass is 259 g/mol. The average molecular weight is 260 g/mol. The Kier molecular flexibility index (Phi) is 2.24. The van der Waals surface area contributed by atoms with E-state index in [-0.39, 0.29) is 0 Å². The molecule has 4 rings (SSSR count). The van der Waals surface area contributed by atoms with Crippen molar-refractivity contribution in [3.63, 3.8) is 0 Å². The number of fused-ring (bicyclic) bond motifs is 1. The first-order valence-electron chi connectivity index (χ1n) is 6.49. The van der Waals surface area contributed by atoms with Crippen LogP contribution in [0.15, 0.2) is 24.3 Å². The van der Waals surface area contributed by atoms with Gasteiger partial charge in [-0.2, -0.15) is 0 Å². The van der Waals surface area contributed by atoms with Gasteiger partial charge in [-0.15, -0.1) is 10.2 Å². The highest BCUT2D eigenvalue weighted by atomic mass is 35.5. The van der Waals surface area contributed by atoms with Crippen LogP contribution in [0.25, 0.3) is 0 Å². The summed E-state index contributed by atoms with van der Waals surface area (Å²) in [5, 5.41) is 8.79. The van der Waals surface area contributed by atoms with E-state index in [1.54, 1.807) is 0 Å². The lowest BCUT2D eigenvalue weighted by atomic mass is 9.77. The number of benzene rings is 1. The summed E-state index contributed by atoms with van der Waals surface area (Å²) >= 11 is 6.16. The fourth-order valence-electron chi connectivity index (χ4n) is 2.85. The predicted molar refractivity (Wildman–Crippen MR) is 69.9 cm³/mol. The zero-order chi connectivity index (χ0) is 12.1. The zero-order valence-corrected chi connectivity index (χ0v) is 10.8. The van der Waals surface area contributed by atoms with Crippen LogP contribution in [0.5, 0.6) is 0 Å². The first kappa shape index (κ1) is 10.6. The Bertz CT molecular complexity index is 601. The molecule has 0 aliphatic heterocycles. The van der Waals surface area contributed by atoms with E-state index in [1.165, 1.54) is 24.0 Å². The molecule has 1 aromatic carbocycles. The fourth-order valence-corrected chi connectivity index (χ4v) is 3.05. The van der Waals surface area contributed by atoms with E-state index in [0.717, 1.165) is 18.8 Å². The molecule has 1 saturated carbocycles. The van der Waals surface area contributed by atoms with Gasteiger partial charge in [-0.1, -0.05) is 24.3 Å². The maximum atomic E-state index is 6.16. The Morgan fingerprint density at radius 3 is 2.83 bits per heavy atom. The number of rotatable bonds is 3. The predicted octanol–water partition coefficient (Wildman–Crippen LogP) is 3.15. The Labute approximate surface area is 111 Å². The van der Waals surface area contributed by atoms with Crippen LogP contribution in [0.2, 0.25) is 5.28 Å². The molecule has 18 heavy (non-hydrogen) atoms. The molecule has 3 nitrogen and oxygen atoms in total. The van der Waals surface area contributed by atoms with Gasteiger partial charge in [0.1, 0.15) is 5.82 Å². The molecule has 92 valence electrons. The molecule has 0 radical (unpaired) electrons. The largest absolute Gasteiger partial charge is 0.301 e. The molecule has 2 aromatic rings. The second kappa shape index (κ2) is 3.82. The molecular weight excluding hydrogens is 246 g/mol. The molecule has 1 aromatic heterocycles. The third-order valence-electron chi connectivity index (χ3n) is 4.04. The minimum atomic E-state index is 0.543. The van der Waals surface area contributed by atoms with E-state index in [2.05, 4.69) is 39.0 Å². The molecule has 1 heterocycles. The third-order valence-corrected chi connectivity index (χ3v) is 4.32. The summed E-state index contributed by atoms with van der Waals surface area (Å²) in [5.41, 5.74) is 2.93. The van der Waals surface area contributed by atoms with Crippen LogP contribution in [0.3, 0.4) is 0 Å². The summed E-state index contributed by atoms with van der Waals surface area (Å²) in [6.07, 6.45) is 3.61. The second-order valence-electron chi connectivity index (χ2n) is 5.31. The summed E-state index contributed by atoms with van der Waals surface area (Å²) in [7, 11) is 0. The number of hydrogen-bond donors (Lipinski definition) is 0. The van der Waals surface area contributed by atoms with Crippen LogP contribution < -0.4 is 0 Å². The van der Waals surface area contributed by atoms with Gasteiger partial charge in [0.15, 0.2) is 0 Å². The van der Waals surface area contributed by atoms with Crippen LogP contribution in [0, 0.1) is 0 Å². The van der Waals surface area contributed by atoms with Gasteiger partial charge in [-0.05, 0) is 42.0 Å². The molecule has 1 atom stereocenters. The SMILES string of the molecule is Clc1nnc(C2CC2)n1CC1Cc2ccccc21. The zero-order valence-electron chi connectivity index (χ0n) is 10.0. The van der Waals surface area contributed by atoms with E-state index in [1.807, 2.05) is 0 Å². The maximum Gasteiger partial charge on any atom is 0.225 e. The summed E-state index contributed by atoms with van der Waals surface area (Å²) < 4.78 is 2.11. The van der Waals surface area contributed by atoms with Gasteiger partial charge in [-0.25, -0.2) is 0 Å². The van der Waals surface area contributed by atoms with Crippen molar-refractivity contribution in [3.05, 3.63) is 46.5 Å². The minimum absolute atomic E-state index is 0.543. The van der Waals surface area contributed by atoms with Crippen molar-refractivity contribution in [3.8, 4) is 0 Å². The molecule has 0 spiro atoms. The molecule has 2 aliphatic carbocycles. The van der Waals surface area contributed by atoms with Crippen molar-refractivity contribution in [1.82, 2.24) is 14.8 Å². The standard InChI is InChI=1S/C14H14ClN3/c15-14-17-16-13(9-5-6-9)18(14)8-11-7-10-3-1-2-4-12(10)11/h1-4,9,11H,5-8H2. The number of aromatic nitrogens is 3. The summed E-state index contributed by atoms with van der Waals surface area (Å²) in [4.78, 5) is 0. The van der Waals surface area contributed by atoms with Crippen molar-refractivity contribution in [1.29, 1.82) is 0 Å². The van der Waals surface area contributed by atoms with Gasteiger partial charge in [0, 0.05) is 18.4 Å². The van der Waals surface area contributed by atoms with Gasteiger partial charge in [0.05, 0.1) is 0 Å². The van der Waals surface area contributed by atoms with E-state index in [9.17, 15) is 0 Å².